The molecule has 3 unspecified atom stereocenters. The summed E-state index contributed by atoms with van der Waals surface area (Å²) in [5, 5.41) is 6.68. The number of unbranched alkanes of at least 4 members (excludes halogenated alkanes) is 7. The van der Waals surface area contributed by atoms with Crippen molar-refractivity contribution in [2.75, 3.05) is 12.4 Å². The molecule has 3 aliphatic heterocycles. The van der Waals surface area contributed by atoms with Crippen LogP contribution in [0.15, 0.2) is 21.9 Å². The van der Waals surface area contributed by atoms with Crippen LogP contribution in [0.4, 0.5) is 0 Å². The molecule has 4 rings (SSSR count). The van der Waals surface area contributed by atoms with Crippen LogP contribution in [0.25, 0.3) is 0 Å². The van der Waals surface area contributed by atoms with Gasteiger partial charge in [0, 0.05) is 28.0 Å². The monoisotopic (exact) mass is 420 g/mol. The van der Waals surface area contributed by atoms with Crippen LogP contribution in [0.1, 0.15) is 82.6 Å². The van der Waals surface area contributed by atoms with E-state index in [2.05, 4.69) is 16.2 Å². The van der Waals surface area contributed by atoms with E-state index in [0.717, 1.165) is 24.2 Å². The number of thioether (sulfide) groups is 1. The molecule has 0 amide bonds. The fourth-order valence-corrected chi connectivity index (χ4v) is 6.69. The lowest BCUT2D eigenvalue weighted by Crippen LogP contribution is -2.23. The lowest BCUT2D eigenvalue weighted by atomic mass is 9.93. The van der Waals surface area contributed by atoms with Crippen LogP contribution in [0.5, 0.6) is 5.75 Å². The number of thiophene rings is 1. The highest BCUT2D eigenvalue weighted by Crippen LogP contribution is 2.38. The summed E-state index contributed by atoms with van der Waals surface area (Å²) in [6.07, 6.45) is 18.2. The molecule has 0 radical (unpaired) electrons. The first kappa shape index (κ1) is 20.7. The smallest absolute Gasteiger partial charge is 0.133 e. The van der Waals surface area contributed by atoms with E-state index in [1.54, 1.807) is 11.3 Å². The average Bonchev–Trinajstić information content (AvgIpc) is 3.37. The Balaban J connectivity index is 0.949. The van der Waals surface area contributed by atoms with Gasteiger partial charge in [0.2, 0.25) is 0 Å². The molecular weight excluding hydrogens is 384 g/mol. The van der Waals surface area contributed by atoms with Crippen LogP contribution in [-0.2, 0) is 11.2 Å². The second-order valence-electron chi connectivity index (χ2n) is 8.92. The minimum atomic E-state index is 0.509. The van der Waals surface area contributed by atoms with Gasteiger partial charge in [0.1, 0.15) is 11.5 Å². The summed E-state index contributed by atoms with van der Waals surface area (Å²) in [4.78, 5) is 0. The van der Waals surface area contributed by atoms with Crippen molar-refractivity contribution >= 4 is 23.1 Å². The third kappa shape index (κ3) is 5.95. The van der Waals surface area contributed by atoms with Crippen molar-refractivity contribution in [3.63, 3.8) is 0 Å². The maximum absolute atomic E-state index is 6.18. The third-order valence-corrected chi connectivity index (χ3v) is 8.38. The van der Waals surface area contributed by atoms with Gasteiger partial charge in [-0.15, -0.1) is 23.1 Å². The zero-order chi connectivity index (χ0) is 19.0. The normalized spacial score (nSPS) is 26.1. The summed E-state index contributed by atoms with van der Waals surface area (Å²) in [5.74, 6) is 5.19. The van der Waals surface area contributed by atoms with E-state index >= 15 is 0 Å². The minimum absolute atomic E-state index is 0.509. The van der Waals surface area contributed by atoms with Gasteiger partial charge in [0.25, 0.3) is 0 Å². The molecule has 156 valence electrons. The molecule has 28 heavy (non-hydrogen) atoms. The molecule has 0 aromatic carbocycles. The summed E-state index contributed by atoms with van der Waals surface area (Å²) in [7, 11) is 0. The first-order valence-corrected chi connectivity index (χ1v) is 13.5. The largest absolute Gasteiger partial charge is 0.494 e. The Labute approximate surface area is 179 Å². The van der Waals surface area contributed by atoms with E-state index in [9.17, 15) is 0 Å². The number of hydrogen-bond acceptors (Lipinski definition) is 4. The molecule has 0 N–H and O–H groups in total. The second-order valence-corrected chi connectivity index (χ2v) is 10.6. The molecule has 4 heteroatoms. The lowest BCUT2D eigenvalue weighted by molar-refractivity contribution is 0.0460. The Morgan fingerprint density at radius 1 is 0.893 bits per heavy atom. The van der Waals surface area contributed by atoms with Crippen LogP contribution < -0.4 is 4.74 Å². The molecule has 0 aliphatic carbocycles. The zero-order valence-corrected chi connectivity index (χ0v) is 18.8. The Kier molecular flexibility index (Phi) is 8.09. The molecule has 1 aromatic heterocycles. The molecule has 1 fully saturated rings. The van der Waals surface area contributed by atoms with Gasteiger partial charge in [-0.3, -0.25) is 0 Å². The van der Waals surface area contributed by atoms with Crippen LogP contribution in [0.3, 0.4) is 0 Å². The molecule has 1 saturated heterocycles. The Bertz CT molecular complexity index is 624. The third-order valence-electron chi connectivity index (χ3n) is 6.61. The molecule has 2 nitrogen and oxygen atoms in total. The van der Waals surface area contributed by atoms with Crippen molar-refractivity contribution < 1.29 is 9.47 Å². The molecule has 0 spiro atoms. The summed E-state index contributed by atoms with van der Waals surface area (Å²) >= 11 is 3.71. The van der Waals surface area contributed by atoms with E-state index < -0.39 is 0 Å². The summed E-state index contributed by atoms with van der Waals surface area (Å²) < 4.78 is 12.0. The Morgan fingerprint density at radius 2 is 1.68 bits per heavy atom. The maximum Gasteiger partial charge on any atom is 0.133 e. The van der Waals surface area contributed by atoms with Crippen molar-refractivity contribution in [2.24, 2.45) is 11.8 Å². The second kappa shape index (κ2) is 11.0. The summed E-state index contributed by atoms with van der Waals surface area (Å²) in [6, 6.07) is 0. The van der Waals surface area contributed by atoms with Gasteiger partial charge in [0.05, 0.1) is 12.7 Å². The topological polar surface area (TPSA) is 18.5 Å². The highest BCUT2D eigenvalue weighted by Gasteiger charge is 2.29. The number of allylic oxidation sites excluding steroid dienone is 1. The van der Waals surface area contributed by atoms with Gasteiger partial charge in [0.15, 0.2) is 0 Å². The van der Waals surface area contributed by atoms with Crippen molar-refractivity contribution in [1.82, 2.24) is 0 Å². The van der Waals surface area contributed by atoms with E-state index in [1.165, 1.54) is 101 Å². The predicted molar refractivity (Wildman–Crippen MR) is 121 cm³/mol. The highest BCUT2D eigenvalue weighted by molar-refractivity contribution is 8.02. The van der Waals surface area contributed by atoms with Gasteiger partial charge in [-0.1, -0.05) is 44.9 Å². The van der Waals surface area contributed by atoms with Crippen molar-refractivity contribution in [2.45, 2.75) is 89.6 Å². The first-order valence-electron chi connectivity index (χ1n) is 11.5. The molecule has 0 bridgehead atoms. The first-order chi connectivity index (χ1) is 13.9. The molecule has 0 saturated carbocycles. The standard InChI is InChI=1S/C24H36O2S2/c1(3-5-7-9-19-13-21-16-28-17-23(21)25-14-19)2-4-6-8-10-22-12-11-20-15-27-18-24(20)26-22/h16-20,22H,1-15H2. The Hall–Kier alpha value is -0.610. The van der Waals surface area contributed by atoms with E-state index in [1.807, 2.05) is 11.8 Å². The molecule has 3 atom stereocenters. The van der Waals surface area contributed by atoms with Gasteiger partial charge < -0.3 is 9.47 Å². The highest BCUT2D eigenvalue weighted by atomic mass is 32.2. The van der Waals surface area contributed by atoms with Crippen molar-refractivity contribution in [3.8, 4) is 5.75 Å². The van der Waals surface area contributed by atoms with Crippen LogP contribution in [-0.4, -0.2) is 18.5 Å². The molecule has 4 heterocycles. The van der Waals surface area contributed by atoms with Gasteiger partial charge in [-0.25, -0.2) is 0 Å². The lowest BCUT2D eigenvalue weighted by Gasteiger charge is -2.29. The van der Waals surface area contributed by atoms with Crippen LogP contribution >= 0.6 is 23.1 Å². The van der Waals surface area contributed by atoms with E-state index in [0.29, 0.717) is 6.10 Å². The van der Waals surface area contributed by atoms with Gasteiger partial charge in [-0.2, -0.15) is 0 Å². The predicted octanol–water partition coefficient (Wildman–Crippen LogP) is 7.58. The minimum Gasteiger partial charge on any atom is -0.494 e. The average molecular weight is 421 g/mol. The van der Waals surface area contributed by atoms with Crippen molar-refractivity contribution in [1.29, 1.82) is 0 Å². The van der Waals surface area contributed by atoms with E-state index in [-0.39, 0.29) is 0 Å². The molecule has 1 aromatic rings. The molecular formula is C24H36O2S2. The zero-order valence-electron chi connectivity index (χ0n) is 17.2. The fourth-order valence-electron chi connectivity index (χ4n) is 4.83. The fraction of sp³-hybridized carbons (Fsp3) is 0.750. The van der Waals surface area contributed by atoms with Gasteiger partial charge in [-0.05, 0) is 49.8 Å². The molecule has 3 aliphatic rings. The Morgan fingerprint density at radius 3 is 2.54 bits per heavy atom. The summed E-state index contributed by atoms with van der Waals surface area (Å²) in [6.45, 7) is 0.936. The number of ether oxygens (including phenoxy) is 2. The summed E-state index contributed by atoms with van der Waals surface area (Å²) in [5.41, 5.74) is 1.44. The van der Waals surface area contributed by atoms with Gasteiger partial charge >= 0.3 is 0 Å². The maximum atomic E-state index is 6.18. The van der Waals surface area contributed by atoms with Crippen LogP contribution in [0.2, 0.25) is 0 Å². The van der Waals surface area contributed by atoms with Crippen LogP contribution in [0, 0.1) is 11.8 Å². The number of fused-ring (bicyclic) bond motifs is 2. The SMILES string of the molecule is C1=C2OC(CCCCCCCCCCC3COc4cscc4C3)CCC2CS1. The van der Waals surface area contributed by atoms with E-state index in [4.69, 9.17) is 9.47 Å². The van der Waals surface area contributed by atoms with Crippen molar-refractivity contribution in [3.05, 3.63) is 27.5 Å². The number of rotatable bonds is 11. The number of hydrogen-bond donors (Lipinski definition) is 0. The quantitative estimate of drug-likeness (QED) is 0.344.